The van der Waals surface area contributed by atoms with E-state index in [1.165, 1.54) is 0 Å². The first-order valence-electron chi connectivity index (χ1n) is 9.23. The van der Waals surface area contributed by atoms with Crippen LogP contribution in [0.2, 0.25) is 0 Å². The first kappa shape index (κ1) is 18.5. The molecule has 0 spiro atoms. The molecule has 142 valence electrons. The number of rotatable bonds is 6. The monoisotopic (exact) mass is 391 g/mol. The molecule has 0 N–H and O–H groups in total. The van der Waals surface area contributed by atoms with Gasteiger partial charge in [0, 0.05) is 23.7 Å². The highest BCUT2D eigenvalue weighted by Gasteiger charge is 2.31. The zero-order chi connectivity index (χ0) is 19.7. The van der Waals surface area contributed by atoms with Crippen molar-refractivity contribution in [1.82, 2.24) is 10.2 Å². The molecule has 0 radical (unpaired) electrons. The third-order valence-corrected chi connectivity index (χ3v) is 5.60. The highest BCUT2D eigenvalue weighted by atomic mass is 32.2. The third kappa shape index (κ3) is 3.49. The normalized spacial score (nSPS) is 14.6. The van der Waals surface area contributed by atoms with Gasteiger partial charge in [-0.05, 0) is 48.6 Å². The van der Waals surface area contributed by atoms with Gasteiger partial charge < -0.3 is 9.45 Å². The molecule has 7 heteroatoms. The fourth-order valence-corrected chi connectivity index (χ4v) is 4.17. The van der Waals surface area contributed by atoms with Gasteiger partial charge in [-0.3, -0.25) is 4.21 Å². The molecular weight excluding hydrogens is 372 g/mol. The minimum absolute atomic E-state index is 0.0379. The lowest BCUT2D eigenvalue weighted by Gasteiger charge is -2.24. The minimum Gasteiger partial charge on any atom is -0.772 e. The summed E-state index contributed by atoms with van der Waals surface area (Å²) in [6.45, 7) is 2.89. The molecule has 28 heavy (non-hydrogen) atoms. The zero-order valence-electron chi connectivity index (χ0n) is 15.5. The molecule has 1 fully saturated rings. The highest BCUT2D eigenvalue weighted by molar-refractivity contribution is 7.78. The summed E-state index contributed by atoms with van der Waals surface area (Å²) in [7, 11) is 0. The first-order valence-corrected chi connectivity index (χ1v) is 10.5. The average Bonchev–Trinajstić information content (AvgIpc) is 3.53. The van der Waals surface area contributed by atoms with E-state index in [0.29, 0.717) is 17.3 Å². The number of aromatic nitrogens is 2. The van der Waals surface area contributed by atoms with Gasteiger partial charge in [-0.2, -0.15) is 5.26 Å². The summed E-state index contributed by atoms with van der Waals surface area (Å²) in [5.41, 5.74) is 4.37. The highest BCUT2D eigenvalue weighted by Crippen LogP contribution is 2.38. The SMILES string of the molecule is CCN(c1c(C#N)nnc2cc(-c3ccccc3CS(=O)[O-])ccc12)C1CC1. The Kier molecular flexibility index (Phi) is 5.07. The number of nitrogens with zero attached hydrogens (tertiary/aromatic N) is 4. The lowest BCUT2D eigenvalue weighted by molar-refractivity contribution is 0.536. The fraction of sp³-hybridized carbons (Fsp3) is 0.286. The first-order chi connectivity index (χ1) is 13.6. The number of benzene rings is 2. The van der Waals surface area contributed by atoms with Gasteiger partial charge in [0.1, 0.15) is 6.07 Å². The largest absolute Gasteiger partial charge is 0.772 e. The number of hydrogen-bond acceptors (Lipinski definition) is 6. The van der Waals surface area contributed by atoms with Gasteiger partial charge in [0.15, 0.2) is 5.69 Å². The summed E-state index contributed by atoms with van der Waals surface area (Å²) in [5, 5.41) is 18.9. The van der Waals surface area contributed by atoms with Crippen LogP contribution < -0.4 is 4.90 Å². The lowest BCUT2D eigenvalue weighted by atomic mass is 9.98. The minimum atomic E-state index is -2.16. The van der Waals surface area contributed by atoms with E-state index in [1.54, 1.807) is 0 Å². The molecule has 1 aromatic heterocycles. The summed E-state index contributed by atoms with van der Waals surface area (Å²) >= 11 is -2.16. The van der Waals surface area contributed by atoms with Crippen LogP contribution in [-0.4, -0.2) is 31.5 Å². The molecule has 1 aliphatic rings. The number of nitriles is 1. The molecule has 1 unspecified atom stereocenters. The second-order valence-corrected chi connectivity index (χ2v) is 7.76. The molecule has 0 saturated heterocycles. The lowest BCUT2D eigenvalue weighted by Crippen LogP contribution is -2.26. The maximum absolute atomic E-state index is 11.2. The molecule has 4 rings (SSSR count). The van der Waals surface area contributed by atoms with E-state index in [4.69, 9.17) is 0 Å². The predicted molar refractivity (Wildman–Crippen MR) is 108 cm³/mol. The Morgan fingerprint density at radius 2 is 2.04 bits per heavy atom. The summed E-state index contributed by atoms with van der Waals surface area (Å²) in [6, 6.07) is 15.9. The molecule has 1 heterocycles. The maximum atomic E-state index is 11.2. The van der Waals surface area contributed by atoms with Gasteiger partial charge >= 0.3 is 0 Å². The van der Waals surface area contributed by atoms with Crippen molar-refractivity contribution in [2.45, 2.75) is 31.6 Å². The van der Waals surface area contributed by atoms with Gasteiger partial charge in [-0.25, -0.2) is 0 Å². The molecule has 0 amide bonds. The number of fused-ring (bicyclic) bond motifs is 1. The van der Waals surface area contributed by atoms with Crippen molar-refractivity contribution in [2.24, 2.45) is 0 Å². The summed E-state index contributed by atoms with van der Waals surface area (Å²) < 4.78 is 22.4. The van der Waals surface area contributed by atoms with Crippen molar-refractivity contribution in [2.75, 3.05) is 11.4 Å². The Balaban J connectivity index is 1.86. The van der Waals surface area contributed by atoms with Crippen molar-refractivity contribution in [3.63, 3.8) is 0 Å². The second-order valence-electron chi connectivity index (χ2n) is 6.86. The summed E-state index contributed by atoms with van der Waals surface area (Å²) in [6.07, 6.45) is 2.25. The second kappa shape index (κ2) is 7.66. The van der Waals surface area contributed by atoms with Crippen LogP contribution in [-0.2, 0) is 16.8 Å². The maximum Gasteiger partial charge on any atom is 0.187 e. The Bertz CT molecular complexity index is 1110. The summed E-state index contributed by atoms with van der Waals surface area (Å²) in [5.74, 6) is -0.0379. The van der Waals surface area contributed by atoms with Gasteiger partial charge in [0.25, 0.3) is 0 Å². The summed E-state index contributed by atoms with van der Waals surface area (Å²) in [4.78, 5) is 2.24. The number of hydrogen-bond donors (Lipinski definition) is 0. The quantitative estimate of drug-likeness (QED) is 0.597. The average molecular weight is 391 g/mol. The molecule has 1 atom stereocenters. The zero-order valence-corrected chi connectivity index (χ0v) is 16.3. The molecule has 6 nitrogen and oxygen atoms in total. The van der Waals surface area contributed by atoms with Crippen LogP contribution in [0.4, 0.5) is 5.69 Å². The van der Waals surface area contributed by atoms with Crippen LogP contribution in [0.3, 0.4) is 0 Å². The van der Waals surface area contributed by atoms with E-state index >= 15 is 0 Å². The smallest absolute Gasteiger partial charge is 0.187 e. The van der Waals surface area contributed by atoms with Crippen LogP contribution in [0.1, 0.15) is 31.0 Å². The third-order valence-electron chi connectivity index (χ3n) is 5.06. The molecule has 1 saturated carbocycles. The van der Waals surface area contributed by atoms with E-state index in [2.05, 4.69) is 28.1 Å². The predicted octanol–water partition coefficient (Wildman–Crippen LogP) is 3.54. The van der Waals surface area contributed by atoms with E-state index < -0.39 is 11.1 Å². The van der Waals surface area contributed by atoms with Crippen molar-refractivity contribution in [3.05, 3.63) is 53.7 Å². The van der Waals surface area contributed by atoms with E-state index in [9.17, 15) is 14.0 Å². The van der Waals surface area contributed by atoms with Crippen LogP contribution in [0.5, 0.6) is 0 Å². The molecular formula is C21H19N4O2S-. The van der Waals surface area contributed by atoms with Gasteiger partial charge in [0.05, 0.1) is 11.2 Å². The van der Waals surface area contributed by atoms with Crippen LogP contribution >= 0.6 is 0 Å². The van der Waals surface area contributed by atoms with Crippen molar-refractivity contribution in [3.8, 4) is 17.2 Å². The Morgan fingerprint density at radius 3 is 2.71 bits per heavy atom. The molecule has 1 aliphatic carbocycles. The van der Waals surface area contributed by atoms with Crippen molar-refractivity contribution >= 4 is 27.7 Å². The van der Waals surface area contributed by atoms with Gasteiger partial charge in [-0.1, -0.05) is 41.4 Å². The molecule has 2 aromatic carbocycles. The number of anilines is 1. The Labute approximate surface area is 166 Å². The molecule has 0 bridgehead atoms. The van der Waals surface area contributed by atoms with Gasteiger partial charge in [-0.15, -0.1) is 10.2 Å². The van der Waals surface area contributed by atoms with E-state index in [-0.39, 0.29) is 5.75 Å². The van der Waals surface area contributed by atoms with E-state index in [0.717, 1.165) is 47.2 Å². The van der Waals surface area contributed by atoms with E-state index in [1.807, 2.05) is 42.5 Å². The van der Waals surface area contributed by atoms with Gasteiger partial charge in [0.2, 0.25) is 0 Å². The topological polar surface area (TPSA) is 92.9 Å². The fourth-order valence-electron chi connectivity index (χ4n) is 3.67. The van der Waals surface area contributed by atoms with Crippen molar-refractivity contribution in [1.29, 1.82) is 5.26 Å². The molecule has 0 aliphatic heterocycles. The van der Waals surface area contributed by atoms with Crippen LogP contribution in [0.25, 0.3) is 22.0 Å². The standard InChI is InChI=1S/C21H20N4O2S/c1-2-25(16-8-9-16)21-18-10-7-14(11-19(18)23-24-20(21)12-22)17-6-4-3-5-15(17)13-28(26)27/h3-7,10-11,16H,2,8-9,13H2,1H3,(H,26,27)/p-1. The van der Waals surface area contributed by atoms with Crippen molar-refractivity contribution < 1.29 is 8.76 Å². The molecule has 3 aromatic rings. The Hall–Kier alpha value is -2.82. The van der Waals surface area contributed by atoms with Crippen LogP contribution in [0, 0.1) is 11.3 Å². The Morgan fingerprint density at radius 1 is 1.25 bits per heavy atom. The van der Waals surface area contributed by atoms with Crippen LogP contribution in [0.15, 0.2) is 42.5 Å².